The molecule has 0 bridgehead atoms. The van der Waals surface area contributed by atoms with E-state index in [9.17, 15) is 24.8 Å². The lowest BCUT2D eigenvalue weighted by Crippen LogP contribution is -2.37. The predicted molar refractivity (Wildman–Crippen MR) is 152 cm³/mol. The summed E-state index contributed by atoms with van der Waals surface area (Å²) in [5.74, 6) is 0.394. The number of nitro benzene ring substituents is 1. The number of nitrogens with zero attached hydrogens (tertiary/aromatic N) is 2. The normalized spacial score (nSPS) is 12.0. The van der Waals surface area contributed by atoms with Gasteiger partial charge in [-0.3, -0.25) is 14.9 Å². The quantitative estimate of drug-likeness (QED) is 0.0938. The van der Waals surface area contributed by atoms with Gasteiger partial charge in [0.1, 0.15) is 17.6 Å². The first-order chi connectivity index (χ1) is 19.7. The van der Waals surface area contributed by atoms with Crippen LogP contribution in [-0.2, 0) is 17.6 Å². The summed E-state index contributed by atoms with van der Waals surface area (Å²) in [6.45, 7) is 3.83. The molecule has 3 aromatic carbocycles. The first kappa shape index (κ1) is 28.8. The number of carbonyl (C=O) groups excluding carboxylic acids is 1. The number of aliphatic carboxylic acids is 1. The summed E-state index contributed by atoms with van der Waals surface area (Å²) in [5, 5.41) is 23.5. The number of carbonyl (C=O) groups is 2. The molecule has 0 saturated carbocycles. The minimum Gasteiger partial charge on any atom is -0.493 e. The van der Waals surface area contributed by atoms with Gasteiger partial charge in [-0.05, 0) is 43.7 Å². The van der Waals surface area contributed by atoms with E-state index in [1.807, 2.05) is 37.3 Å². The molecule has 2 N–H and O–H groups in total. The van der Waals surface area contributed by atoms with Crippen molar-refractivity contribution in [3.63, 3.8) is 0 Å². The Labute approximate surface area is 236 Å². The molecule has 10 nitrogen and oxygen atoms in total. The van der Waals surface area contributed by atoms with E-state index < -0.39 is 22.7 Å². The number of ether oxygens (including phenoxy) is 1. The highest BCUT2D eigenvalue weighted by Crippen LogP contribution is 2.22. The van der Waals surface area contributed by atoms with Crippen molar-refractivity contribution in [2.24, 2.45) is 0 Å². The Morgan fingerprint density at radius 3 is 2.51 bits per heavy atom. The fourth-order valence-electron chi connectivity index (χ4n) is 4.16. The molecule has 1 heterocycles. The van der Waals surface area contributed by atoms with Crippen molar-refractivity contribution in [3.05, 3.63) is 123 Å². The van der Waals surface area contributed by atoms with Crippen LogP contribution in [0.3, 0.4) is 0 Å². The SMILES string of the molecule is C/C(=C/C(=O)c1cccc([N+](=O)[O-])c1)NC(Cc1ccc(OCCc2nc(-c3ccccc3)oc2C)cc1)C(=O)O. The average Bonchev–Trinajstić information content (AvgIpc) is 3.34. The van der Waals surface area contributed by atoms with Gasteiger partial charge in [0.05, 0.1) is 17.2 Å². The predicted octanol–water partition coefficient (Wildman–Crippen LogP) is 5.55. The average molecular weight is 556 g/mol. The number of rotatable bonds is 13. The van der Waals surface area contributed by atoms with Crippen LogP contribution in [0.25, 0.3) is 11.5 Å². The van der Waals surface area contributed by atoms with E-state index in [-0.39, 0.29) is 17.7 Å². The zero-order valence-electron chi connectivity index (χ0n) is 22.6. The molecule has 210 valence electrons. The van der Waals surface area contributed by atoms with Gasteiger partial charge in [0.2, 0.25) is 5.89 Å². The highest BCUT2D eigenvalue weighted by molar-refractivity contribution is 6.05. The van der Waals surface area contributed by atoms with Crippen LogP contribution in [0.15, 0.2) is 95.1 Å². The number of non-ortho nitro benzene ring substituents is 1. The van der Waals surface area contributed by atoms with Gasteiger partial charge in [-0.1, -0.05) is 42.5 Å². The standard InChI is InChI=1S/C31H29N3O7/c1-20(17-29(35)24-9-6-10-25(19-24)34(38)39)32-28(31(36)37)18-22-11-13-26(14-12-22)40-16-15-27-21(2)41-30(33-27)23-7-4-3-5-8-23/h3-14,17,19,28,32H,15-16,18H2,1-2H3,(H,36,37)/b20-17-. The highest BCUT2D eigenvalue weighted by atomic mass is 16.6. The molecule has 1 atom stereocenters. The molecule has 0 saturated heterocycles. The minimum absolute atomic E-state index is 0.137. The molecule has 4 rings (SSSR count). The van der Waals surface area contributed by atoms with Crippen molar-refractivity contribution in [3.8, 4) is 17.2 Å². The van der Waals surface area contributed by atoms with Crippen LogP contribution in [0.4, 0.5) is 5.69 Å². The maximum Gasteiger partial charge on any atom is 0.326 e. The number of hydrogen-bond donors (Lipinski definition) is 2. The maximum absolute atomic E-state index is 12.5. The maximum atomic E-state index is 12.5. The summed E-state index contributed by atoms with van der Waals surface area (Å²) >= 11 is 0. The van der Waals surface area contributed by atoms with Gasteiger partial charge in [0.15, 0.2) is 5.78 Å². The summed E-state index contributed by atoms with van der Waals surface area (Å²) in [5.41, 5.74) is 2.76. The van der Waals surface area contributed by atoms with Crippen LogP contribution >= 0.6 is 0 Å². The number of nitro groups is 1. The van der Waals surface area contributed by atoms with E-state index in [2.05, 4.69) is 10.3 Å². The van der Waals surface area contributed by atoms with E-state index >= 15 is 0 Å². The number of carboxylic acid groups (broad SMARTS) is 1. The van der Waals surface area contributed by atoms with Gasteiger partial charge in [-0.25, -0.2) is 9.78 Å². The van der Waals surface area contributed by atoms with Crippen LogP contribution in [0, 0.1) is 17.0 Å². The Kier molecular flexibility index (Phi) is 9.26. The number of nitrogens with one attached hydrogen (secondary N) is 1. The van der Waals surface area contributed by atoms with Crippen molar-refractivity contribution in [2.75, 3.05) is 6.61 Å². The number of benzene rings is 3. The fourth-order valence-corrected chi connectivity index (χ4v) is 4.16. The third-order valence-corrected chi connectivity index (χ3v) is 6.27. The van der Waals surface area contributed by atoms with Crippen molar-refractivity contribution in [1.29, 1.82) is 0 Å². The largest absolute Gasteiger partial charge is 0.493 e. The lowest BCUT2D eigenvalue weighted by Gasteiger charge is -2.16. The number of oxazole rings is 1. The topological polar surface area (TPSA) is 145 Å². The lowest BCUT2D eigenvalue weighted by molar-refractivity contribution is -0.384. The molecular weight excluding hydrogens is 526 g/mol. The molecule has 4 aromatic rings. The van der Waals surface area contributed by atoms with E-state index in [0.717, 1.165) is 22.6 Å². The molecule has 41 heavy (non-hydrogen) atoms. The summed E-state index contributed by atoms with van der Waals surface area (Å²) in [6, 6.07) is 21.2. The summed E-state index contributed by atoms with van der Waals surface area (Å²) < 4.78 is 11.7. The van der Waals surface area contributed by atoms with Crippen LogP contribution in [-0.4, -0.2) is 39.4 Å². The van der Waals surface area contributed by atoms with Crippen LogP contribution in [0.5, 0.6) is 5.75 Å². The van der Waals surface area contributed by atoms with Gasteiger partial charge in [0, 0.05) is 47.9 Å². The van der Waals surface area contributed by atoms with E-state index in [0.29, 0.717) is 30.4 Å². The van der Waals surface area contributed by atoms with Crippen molar-refractivity contribution in [2.45, 2.75) is 32.7 Å². The minimum atomic E-state index is -1.08. The van der Waals surface area contributed by atoms with Gasteiger partial charge in [-0.15, -0.1) is 0 Å². The Bertz CT molecular complexity index is 1560. The van der Waals surface area contributed by atoms with Crippen LogP contribution in [0.1, 0.15) is 34.3 Å². The second-order valence-corrected chi connectivity index (χ2v) is 9.37. The van der Waals surface area contributed by atoms with Gasteiger partial charge < -0.3 is 19.6 Å². The molecule has 0 spiro atoms. The molecule has 1 unspecified atom stereocenters. The summed E-state index contributed by atoms with van der Waals surface area (Å²) in [6.07, 6.45) is 1.95. The number of aromatic nitrogens is 1. The molecular formula is C31H29N3O7. The molecule has 0 fully saturated rings. The molecule has 10 heteroatoms. The van der Waals surface area contributed by atoms with Gasteiger partial charge in [0.25, 0.3) is 5.69 Å². The Hall–Kier alpha value is -5.25. The molecule has 0 aliphatic heterocycles. The van der Waals surface area contributed by atoms with Gasteiger partial charge in [-0.2, -0.15) is 0 Å². The monoisotopic (exact) mass is 555 g/mol. The second kappa shape index (κ2) is 13.2. The molecule has 0 radical (unpaired) electrons. The molecule has 1 aromatic heterocycles. The molecule has 0 amide bonds. The highest BCUT2D eigenvalue weighted by Gasteiger charge is 2.19. The van der Waals surface area contributed by atoms with Crippen molar-refractivity contribution < 1.29 is 28.8 Å². The van der Waals surface area contributed by atoms with E-state index in [1.54, 1.807) is 31.2 Å². The van der Waals surface area contributed by atoms with Crippen molar-refractivity contribution in [1.82, 2.24) is 10.3 Å². The van der Waals surface area contributed by atoms with Gasteiger partial charge >= 0.3 is 5.97 Å². The number of allylic oxidation sites excluding steroid dienone is 2. The van der Waals surface area contributed by atoms with Crippen molar-refractivity contribution >= 4 is 17.4 Å². The fraction of sp³-hybridized carbons (Fsp3) is 0.194. The lowest BCUT2D eigenvalue weighted by atomic mass is 10.0. The number of ketones is 1. The molecule has 0 aliphatic carbocycles. The zero-order valence-corrected chi connectivity index (χ0v) is 22.6. The van der Waals surface area contributed by atoms with Crippen LogP contribution < -0.4 is 10.1 Å². The van der Waals surface area contributed by atoms with Crippen LogP contribution in [0.2, 0.25) is 0 Å². The zero-order chi connectivity index (χ0) is 29.4. The smallest absolute Gasteiger partial charge is 0.326 e. The first-order valence-corrected chi connectivity index (χ1v) is 12.9. The third kappa shape index (κ3) is 7.89. The first-order valence-electron chi connectivity index (χ1n) is 12.9. The third-order valence-electron chi connectivity index (χ3n) is 6.27. The van der Waals surface area contributed by atoms with E-state index in [4.69, 9.17) is 9.15 Å². The number of carboxylic acids is 1. The summed E-state index contributed by atoms with van der Waals surface area (Å²) in [4.78, 5) is 39.4. The Balaban J connectivity index is 1.31. The summed E-state index contributed by atoms with van der Waals surface area (Å²) in [7, 11) is 0. The van der Waals surface area contributed by atoms with E-state index in [1.165, 1.54) is 30.3 Å². The Morgan fingerprint density at radius 2 is 1.83 bits per heavy atom. The number of aryl methyl sites for hydroxylation is 1. The second-order valence-electron chi connectivity index (χ2n) is 9.37. The Morgan fingerprint density at radius 1 is 1.10 bits per heavy atom. The molecule has 0 aliphatic rings. The number of hydrogen-bond acceptors (Lipinski definition) is 8.